The molecule has 2 rings (SSSR count). The van der Waals surface area contributed by atoms with Crippen molar-refractivity contribution in [1.82, 2.24) is 15.5 Å². The first-order chi connectivity index (χ1) is 9.03. The van der Waals surface area contributed by atoms with Crippen molar-refractivity contribution in [3.05, 3.63) is 11.7 Å². The van der Waals surface area contributed by atoms with E-state index < -0.39 is 12.7 Å². The lowest BCUT2D eigenvalue weighted by Crippen LogP contribution is -2.28. The number of aromatic nitrogens is 2. The molecule has 1 aliphatic carbocycles. The lowest BCUT2D eigenvalue weighted by Gasteiger charge is -2.05. The maximum absolute atomic E-state index is 11.9. The Balaban J connectivity index is 1.69. The van der Waals surface area contributed by atoms with Crippen LogP contribution in [0.1, 0.15) is 37.4 Å². The molecule has 1 aromatic rings. The van der Waals surface area contributed by atoms with E-state index in [1.165, 1.54) is 25.7 Å². The minimum absolute atomic E-state index is 0.0550. The van der Waals surface area contributed by atoms with Crippen LogP contribution < -0.4 is 5.32 Å². The first-order valence-electron chi connectivity index (χ1n) is 6.23. The largest absolute Gasteiger partial charge is 0.401 e. The number of hydrogen-bond donors (Lipinski definition) is 1. The third kappa shape index (κ3) is 5.40. The zero-order valence-corrected chi connectivity index (χ0v) is 11.2. The van der Waals surface area contributed by atoms with Crippen LogP contribution in [0.25, 0.3) is 0 Å². The summed E-state index contributed by atoms with van der Waals surface area (Å²) in [6, 6.07) is 0. The number of halogens is 3. The second-order valence-electron chi connectivity index (χ2n) is 4.54. The van der Waals surface area contributed by atoms with Crippen molar-refractivity contribution in [1.29, 1.82) is 0 Å². The molecule has 0 radical (unpaired) electrons. The number of nitrogens with zero attached hydrogens (tertiary/aromatic N) is 2. The standard InChI is InChI=1S/C11H16F3N3OS/c12-11(13,14)7-15-5-10-16-9(17-18-10)6-19-8-3-1-2-4-8/h8,15H,1-7H2. The van der Waals surface area contributed by atoms with Gasteiger partial charge in [-0.05, 0) is 12.8 Å². The van der Waals surface area contributed by atoms with Crippen LogP contribution in [0.4, 0.5) is 13.2 Å². The molecule has 0 saturated heterocycles. The molecule has 1 N–H and O–H groups in total. The second-order valence-corrected chi connectivity index (χ2v) is 5.83. The van der Waals surface area contributed by atoms with Crippen LogP contribution >= 0.6 is 11.8 Å². The molecule has 1 aromatic heterocycles. The number of thioether (sulfide) groups is 1. The molecule has 108 valence electrons. The molecule has 1 aliphatic rings. The van der Waals surface area contributed by atoms with E-state index in [1.54, 1.807) is 11.8 Å². The predicted molar refractivity (Wildman–Crippen MR) is 65.6 cm³/mol. The molecule has 0 atom stereocenters. The normalized spacial score (nSPS) is 17.2. The molecule has 19 heavy (non-hydrogen) atoms. The highest BCUT2D eigenvalue weighted by molar-refractivity contribution is 7.99. The molecule has 4 nitrogen and oxygen atoms in total. The third-order valence-electron chi connectivity index (χ3n) is 2.86. The van der Waals surface area contributed by atoms with Gasteiger partial charge in [-0.3, -0.25) is 0 Å². The van der Waals surface area contributed by atoms with E-state index in [9.17, 15) is 13.2 Å². The van der Waals surface area contributed by atoms with Gasteiger partial charge in [0.1, 0.15) is 0 Å². The van der Waals surface area contributed by atoms with Crippen molar-refractivity contribution >= 4 is 11.8 Å². The summed E-state index contributed by atoms with van der Waals surface area (Å²) in [5.74, 6) is 1.42. The molecule has 0 aliphatic heterocycles. The Morgan fingerprint density at radius 3 is 2.74 bits per heavy atom. The summed E-state index contributed by atoms with van der Waals surface area (Å²) < 4.78 is 40.7. The molecular formula is C11H16F3N3OS. The minimum Gasteiger partial charge on any atom is -0.338 e. The van der Waals surface area contributed by atoms with E-state index in [1.807, 2.05) is 0 Å². The van der Waals surface area contributed by atoms with Crippen molar-refractivity contribution in [2.24, 2.45) is 0 Å². The van der Waals surface area contributed by atoms with Gasteiger partial charge in [-0.25, -0.2) is 0 Å². The SMILES string of the molecule is FC(F)(F)CNCc1nc(CSC2CCCC2)no1. The van der Waals surface area contributed by atoms with Gasteiger partial charge in [0, 0.05) is 5.25 Å². The first-order valence-corrected chi connectivity index (χ1v) is 7.28. The summed E-state index contributed by atoms with van der Waals surface area (Å²) in [7, 11) is 0. The molecule has 0 spiro atoms. The van der Waals surface area contributed by atoms with Gasteiger partial charge in [0.25, 0.3) is 0 Å². The smallest absolute Gasteiger partial charge is 0.338 e. The van der Waals surface area contributed by atoms with Crippen molar-refractivity contribution in [3.8, 4) is 0 Å². The molecule has 0 amide bonds. The average Bonchev–Trinajstić information content (AvgIpc) is 2.94. The average molecular weight is 295 g/mol. The minimum atomic E-state index is -4.22. The quantitative estimate of drug-likeness (QED) is 0.874. The molecular weight excluding hydrogens is 279 g/mol. The highest BCUT2D eigenvalue weighted by atomic mass is 32.2. The summed E-state index contributed by atoms with van der Waals surface area (Å²) in [6.45, 7) is -1.11. The molecule has 0 bridgehead atoms. The van der Waals surface area contributed by atoms with E-state index >= 15 is 0 Å². The number of rotatable bonds is 6. The Bertz CT molecular complexity index is 391. The van der Waals surface area contributed by atoms with Crippen LogP contribution in [0.15, 0.2) is 4.52 Å². The Morgan fingerprint density at radius 2 is 2.05 bits per heavy atom. The Labute approximate surface area is 113 Å². The van der Waals surface area contributed by atoms with E-state index in [2.05, 4.69) is 15.5 Å². The second kappa shape index (κ2) is 6.60. The monoisotopic (exact) mass is 295 g/mol. The predicted octanol–water partition coefficient (Wildman–Crippen LogP) is 2.90. The van der Waals surface area contributed by atoms with Crippen LogP contribution in [0.2, 0.25) is 0 Å². The zero-order valence-electron chi connectivity index (χ0n) is 10.4. The Kier molecular flexibility index (Phi) is 5.09. The van der Waals surface area contributed by atoms with Crippen LogP contribution in [-0.2, 0) is 12.3 Å². The molecule has 0 aromatic carbocycles. The number of hydrogen-bond acceptors (Lipinski definition) is 5. The van der Waals surface area contributed by atoms with E-state index in [0.717, 1.165) is 0 Å². The Hall–Kier alpha value is -0.760. The fourth-order valence-electron chi connectivity index (χ4n) is 1.98. The van der Waals surface area contributed by atoms with Crippen LogP contribution in [0, 0.1) is 0 Å². The van der Waals surface area contributed by atoms with E-state index in [-0.39, 0.29) is 12.4 Å². The highest BCUT2D eigenvalue weighted by Gasteiger charge is 2.26. The molecule has 8 heteroatoms. The number of nitrogens with one attached hydrogen (secondary N) is 1. The van der Waals surface area contributed by atoms with Crippen LogP contribution in [0.5, 0.6) is 0 Å². The zero-order chi connectivity index (χ0) is 13.7. The van der Waals surface area contributed by atoms with E-state index in [4.69, 9.17) is 4.52 Å². The molecule has 1 saturated carbocycles. The summed E-state index contributed by atoms with van der Waals surface area (Å²) >= 11 is 1.79. The molecule has 0 unspecified atom stereocenters. The van der Waals surface area contributed by atoms with Gasteiger partial charge < -0.3 is 9.84 Å². The fourth-order valence-corrected chi connectivity index (χ4v) is 3.15. The van der Waals surface area contributed by atoms with Gasteiger partial charge in [0.05, 0.1) is 18.8 Å². The topological polar surface area (TPSA) is 51.0 Å². The summed E-state index contributed by atoms with van der Waals surface area (Å²) in [5.41, 5.74) is 0. The lowest BCUT2D eigenvalue weighted by molar-refractivity contribution is -0.125. The van der Waals surface area contributed by atoms with Gasteiger partial charge in [0.15, 0.2) is 5.82 Å². The Morgan fingerprint density at radius 1 is 1.32 bits per heavy atom. The van der Waals surface area contributed by atoms with Crippen LogP contribution in [-0.4, -0.2) is 28.1 Å². The summed E-state index contributed by atoms with van der Waals surface area (Å²) in [4.78, 5) is 4.06. The summed E-state index contributed by atoms with van der Waals surface area (Å²) in [5, 5.41) is 6.65. The van der Waals surface area contributed by atoms with Gasteiger partial charge in [-0.1, -0.05) is 18.0 Å². The molecule has 1 heterocycles. The summed E-state index contributed by atoms with van der Waals surface area (Å²) in [6.07, 6.45) is 0.777. The van der Waals surface area contributed by atoms with Crippen molar-refractivity contribution < 1.29 is 17.7 Å². The van der Waals surface area contributed by atoms with Crippen LogP contribution in [0.3, 0.4) is 0 Å². The van der Waals surface area contributed by atoms with E-state index in [0.29, 0.717) is 16.8 Å². The van der Waals surface area contributed by atoms with Gasteiger partial charge in [0.2, 0.25) is 5.89 Å². The lowest BCUT2D eigenvalue weighted by atomic mass is 10.4. The number of alkyl halides is 3. The van der Waals surface area contributed by atoms with Crippen molar-refractivity contribution in [2.75, 3.05) is 6.54 Å². The fraction of sp³-hybridized carbons (Fsp3) is 0.818. The maximum Gasteiger partial charge on any atom is 0.401 e. The highest BCUT2D eigenvalue weighted by Crippen LogP contribution is 2.30. The molecule has 1 fully saturated rings. The van der Waals surface area contributed by atoms with Gasteiger partial charge >= 0.3 is 6.18 Å². The third-order valence-corrected chi connectivity index (χ3v) is 4.23. The van der Waals surface area contributed by atoms with Gasteiger partial charge in [-0.2, -0.15) is 29.9 Å². The van der Waals surface area contributed by atoms with Gasteiger partial charge in [-0.15, -0.1) is 0 Å². The first kappa shape index (κ1) is 14.6. The van der Waals surface area contributed by atoms with Crippen molar-refractivity contribution in [2.45, 2.75) is 49.4 Å². The van der Waals surface area contributed by atoms with Crippen molar-refractivity contribution in [3.63, 3.8) is 0 Å². The maximum atomic E-state index is 11.9.